The Morgan fingerprint density at radius 1 is 1.28 bits per heavy atom. The molecule has 96 valence electrons. The minimum atomic E-state index is 0.628. The second-order valence-corrected chi connectivity index (χ2v) is 6.24. The molecule has 1 aliphatic heterocycles. The van der Waals surface area contributed by atoms with E-state index in [-0.39, 0.29) is 0 Å². The first-order valence-electron chi connectivity index (χ1n) is 5.57. The molecule has 3 heterocycles. The summed E-state index contributed by atoms with van der Waals surface area (Å²) < 4.78 is 1.28. The largest absolute Gasteiger partial charge is 0.337 e. The lowest BCUT2D eigenvalue weighted by Crippen LogP contribution is -2.44. The minimum absolute atomic E-state index is 0.628. The molecule has 0 bridgehead atoms. The molecule has 0 aliphatic carbocycles. The van der Waals surface area contributed by atoms with Crippen molar-refractivity contribution in [1.82, 2.24) is 20.5 Å². The zero-order valence-electron chi connectivity index (χ0n) is 9.41. The number of hydrogen-bond acceptors (Lipinski definition) is 5. The number of H-pyrrole nitrogens is 1. The molecule has 2 N–H and O–H groups in total. The maximum absolute atomic E-state index is 6.10. The lowest BCUT2D eigenvalue weighted by Gasteiger charge is -2.25. The van der Waals surface area contributed by atoms with Crippen molar-refractivity contribution in [3.8, 4) is 11.4 Å². The lowest BCUT2D eigenvalue weighted by atomic mass is 10.3. The monoisotopic (exact) mass is 303 g/mol. The Labute approximate surface area is 118 Å². The summed E-state index contributed by atoms with van der Waals surface area (Å²) in [6, 6.07) is 1.80. The van der Waals surface area contributed by atoms with Crippen LogP contribution in [0.15, 0.2) is 6.07 Å². The van der Waals surface area contributed by atoms with Crippen molar-refractivity contribution in [3.63, 3.8) is 0 Å². The summed E-state index contributed by atoms with van der Waals surface area (Å²) in [6.45, 7) is 3.73. The third kappa shape index (κ3) is 2.33. The SMILES string of the molecule is Clc1cc(-c2nc(N3CCNCC3)n[nH]2)c(Cl)s1. The molecule has 0 radical (unpaired) electrons. The van der Waals surface area contributed by atoms with E-state index in [9.17, 15) is 0 Å². The second kappa shape index (κ2) is 5.05. The van der Waals surface area contributed by atoms with E-state index in [0.717, 1.165) is 31.7 Å². The van der Waals surface area contributed by atoms with Crippen LogP contribution in [0.1, 0.15) is 0 Å². The number of nitrogens with one attached hydrogen (secondary N) is 2. The predicted octanol–water partition coefficient (Wildman–Crippen LogP) is 2.25. The summed E-state index contributed by atoms with van der Waals surface area (Å²) in [6.07, 6.45) is 0. The standard InChI is InChI=1S/C10H11Cl2N5S/c11-7-5-6(8(12)18-7)9-14-10(16-15-9)17-3-1-13-2-4-17/h5,13H,1-4H2,(H,14,15,16). The zero-order valence-corrected chi connectivity index (χ0v) is 11.7. The fourth-order valence-corrected chi connectivity index (χ4v) is 3.35. The number of piperazine rings is 1. The first kappa shape index (κ1) is 12.2. The molecule has 2 aromatic heterocycles. The van der Waals surface area contributed by atoms with Crippen LogP contribution in [0.2, 0.25) is 8.67 Å². The maximum atomic E-state index is 6.10. The van der Waals surface area contributed by atoms with Gasteiger partial charge in [0.25, 0.3) is 0 Å². The Hall–Kier alpha value is -0.820. The third-order valence-corrected chi connectivity index (χ3v) is 4.27. The van der Waals surface area contributed by atoms with Crippen molar-refractivity contribution >= 4 is 40.5 Å². The van der Waals surface area contributed by atoms with Gasteiger partial charge in [-0.15, -0.1) is 16.4 Å². The van der Waals surface area contributed by atoms with Gasteiger partial charge in [0.15, 0.2) is 5.82 Å². The van der Waals surface area contributed by atoms with Crippen LogP contribution < -0.4 is 10.2 Å². The number of thiophene rings is 1. The molecule has 0 aromatic carbocycles. The molecule has 5 nitrogen and oxygen atoms in total. The number of aromatic amines is 1. The number of rotatable bonds is 2. The smallest absolute Gasteiger partial charge is 0.245 e. The van der Waals surface area contributed by atoms with Crippen molar-refractivity contribution in [3.05, 3.63) is 14.7 Å². The molecule has 2 aromatic rings. The first-order valence-corrected chi connectivity index (χ1v) is 7.14. The van der Waals surface area contributed by atoms with E-state index in [0.29, 0.717) is 20.4 Å². The van der Waals surface area contributed by atoms with Crippen LogP contribution in [0.25, 0.3) is 11.4 Å². The highest BCUT2D eigenvalue weighted by atomic mass is 35.5. The van der Waals surface area contributed by atoms with Crippen LogP contribution in [-0.2, 0) is 0 Å². The Kier molecular flexibility index (Phi) is 3.43. The van der Waals surface area contributed by atoms with Gasteiger partial charge >= 0.3 is 0 Å². The van der Waals surface area contributed by atoms with Crippen LogP contribution >= 0.6 is 34.5 Å². The van der Waals surface area contributed by atoms with Gasteiger partial charge in [-0.05, 0) is 6.07 Å². The van der Waals surface area contributed by atoms with Crippen molar-refractivity contribution < 1.29 is 0 Å². The molecule has 1 saturated heterocycles. The fourth-order valence-electron chi connectivity index (χ4n) is 1.88. The van der Waals surface area contributed by atoms with Gasteiger partial charge in [0.1, 0.15) is 4.34 Å². The number of aromatic nitrogens is 3. The predicted molar refractivity (Wildman–Crippen MR) is 74.8 cm³/mol. The molecule has 1 fully saturated rings. The summed E-state index contributed by atoms with van der Waals surface area (Å²) in [5.41, 5.74) is 0.806. The average Bonchev–Trinajstić information content (AvgIpc) is 2.97. The summed E-state index contributed by atoms with van der Waals surface area (Å²) >= 11 is 13.4. The summed E-state index contributed by atoms with van der Waals surface area (Å²) in [5.74, 6) is 1.38. The van der Waals surface area contributed by atoms with Crippen LogP contribution in [-0.4, -0.2) is 41.4 Å². The highest BCUT2D eigenvalue weighted by Gasteiger charge is 2.17. The Morgan fingerprint density at radius 2 is 2.06 bits per heavy atom. The van der Waals surface area contributed by atoms with E-state index in [1.807, 2.05) is 0 Å². The first-order chi connectivity index (χ1) is 8.74. The van der Waals surface area contributed by atoms with Crippen molar-refractivity contribution in [2.24, 2.45) is 0 Å². The van der Waals surface area contributed by atoms with E-state index >= 15 is 0 Å². The summed E-state index contributed by atoms with van der Waals surface area (Å²) in [4.78, 5) is 6.61. The molecule has 0 saturated carbocycles. The van der Waals surface area contributed by atoms with Gasteiger partial charge in [-0.25, -0.2) is 0 Å². The lowest BCUT2D eigenvalue weighted by molar-refractivity contribution is 0.580. The number of hydrogen-bond donors (Lipinski definition) is 2. The molecule has 0 amide bonds. The topological polar surface area (TPSA) is 56.8 Å². The van der Waals surface area contributed by atoms with Crippen LogP contribution in [0.3, 0.4) is 0 Å². The average molecular weight is 304 g/mol. The van der Waals surface area contributed by atoms with Gasteiger partial charge in [0.05, 0.1) is 4.34 Å². The molecule has 0 spiro atoms. The van der Waals surface area contributed by atoms with Gasteiger partial charge in [-0.3, -0.25) is 5.10 Å². The molecule has 0 atom stereocenters. The molecular formula is C10H11Cl2N5S. The quantitative estimate of drug-likeness (QED) is 0.893. The third-order valence-electron chi connectivity index (χ3n) is 2.79. The van der Waals surface area contributed by atoms with E-state index in [4.69, 9.17) is 23.2 Å². The normalized spacial score (nSPS) is 16.2. The van der Waals surface area contributed by atoms with Gasteiger partial charge in [0.2, 0.25) is 5.95 Å². The highest BCUT2D eigenvalue weighted by molar-refractivity contribution is 7.20. The van der Waals surface area contributed by atoms with Gasteiger partial charge < -0.3 is 10.2 Å². The van der Waals surface area contributed by atoms with Crippen molar-refractivity contribution in [2.75, 3.05) is 31.1 Å². The number of halogens is 2. The van der Waals surface area contributed by atoms with Crippen molar-refractivity contribution in [2.45, 2.75) is 0 Å². The van der Waals surface area contributed by atoms with Crippen LogP contribution in [0, 0.1) is 0 Å². The Morgan fingerprint density at radius 3 is 2.72 bits per heavy atom. The fraction of sp³-hybridized carbons (Fsp3) is 0.400. The highest BCUT2D eigenvalue weighted by Crippen LogP contribution is 2.36. The molecule has 3 rings (SSSR count). The van der Waals surface area contributed by atoms with Crippen molar-refractivity contribution in [1.29, 1.82) is 0 Å². The Bertz CT molecular complexity index is 546. The molecular weight excluding hydrogens is 293 g/mol. The van der Waals surface area contributed by atoms with E-state index in [2.05, 4.69) is 25.4 Å². The zero-order chi connectivity index (χ0) is 12.5. The van der Waals surface area contributed by atoms with Gasteiger partial charge in [0, 0.05) is 31.7 Å². The molecule has 0 unspecified atom stereocenters. The van der Waals surface area contributed by atoms with Crippen LogP contribution in [0.4, 0.5) is 5.95 Å². The molecule has 1 aliphatic rings. The van der Waals surface area contributed by atoms with E-state index < -0.39 is 0 Å². The van der Waals surface area contributed by atoms with Gasteiger partial charge in [-0.2, -0.15) is 4.98 Å². The molecule has 18 heavy (non-hydrogen) atoms. The Balaban J connectivity index is 1.86. The number of nitrogens with zero attached hydrogens (tertiary/aromatic N) is 3. The van der Waals surface area contributed by atoms with E-state index in [1.165, 1.54) is 11.3 Å². The van der Waals surface area contributed by atoms with Crippen LogP contribution in [0.5, 0.6) is 0 Å². The second-order valence-electron chi connectivity index (χ2n) is 3.96. The van der Waals surface area contributed by atoms with E-state index in [1.54, 1.807) is 6.07 Å². The number of anilines is 1. The summed E-state index contributed by atoms with van der Waals surface area (Å²) in [5, 5.41) is 10.4. The summed E-state index contributed by atoms with van der Waals surface area (Å²) in [7, 11) is 0. The van der Waals surface area contributed by atoms with Gasteiger partial charge in [-0.1, -0.05) is 23.2 Å². The molecule has 8 heteroatoms. The minimum Gasteiger partial charge on any atom is -0.337 e. The maximum Gasteiger partial charge on any atom is 0.245 e.